The van der Waals surface area contributed by atoms with E-state index in [1.807, 2.05) is 48.5 Å². The predicted molar refractivity (Wildman–Crippen MR) is 72.9 cm³/mol. The summed E-state index contributed by atoms with van der Waals surface area (Å²) >= 11 is 6.04. The molecule has 0 unspecified atom stereocenters. The van der Waals surface area contributed by atoms with Crippen LogP contribution in [0.15, 0.2) is 48.5 Å². The zero-order valence-corrected chi connectivity index (χ0v) is 10.9. The molecule has 0 heterocycles. The van der Waals surface area contributed by atoms with Crippen molar-refractivity contribution >= 4 is 11.6 Å². The van der Waals surface area contributed by atoms with Crippen LogP contribution in [0.5, 0.6) is 5.75 Å². The number of aliphatic hydroxyl groups is 1. The minimum atomic E-state index is -0.456. The van der Waals surface area contributed by atoms with Crippen molar-refractivity contribution in [3.8, 4) is 5.75 Å². The molecule has 2 rings (SSSR count). The topological polar surface area (TPSA) is 29.5 Å². The second-order valence-corrected chi connectivity index (χ2v) is 4.53. The molecule has 0 fully saturated rings. The van der Waals surface area contributed by atoms with Crippen LogP contribution in [0.4, 0.5) is 0 Å². The molecular weight excluding hydrogens is 248 g/mol. The molecule has 94 valence electrons. The van der Waals surface area contributed by atoms with E-state index in [-0.39, 0.29) is 0 Å². The minimum absolute atomic E-state index is 0.438. The SMILES string of the molecule is C[C@H](O)c1ccc(OCc2ccccc2Cl)cc1. The fourth-order valence-electron chi connectivity index (χ4n) is 1.62. The Balaban J connectivity index is 2.00. The molecule has 0 bridgehead atoms. The van der Waals surface area contributed by atoms with E-state index in [2.05, 4.69) is 0 Å². The summed E-state index contributed by atoms with van der Waals surface area (Å²) in [5.74, 6) is 0.763. The first kappa shape index (κ1) is 12.9. The molecule has 0 aliphatic rings. The van der Waals surface area contributed by atoms with Gasteiger partial charge in [-0.25, -0.2) is 0 Å². The summed E-state index contributed by atoms with van der Waals surface area (Å²) in [6, 6.07) is 15.0. The number of aliphatic hydroxyl groups excluding tert-OH is 1. The Hall–Kier alpha value is -1.51. The van der Waals surface area contributed by atoms with Gasteiger partial charge in [0.05, 0.1) is 6.10 Å². The summed E-state index contributed by atoms with van der Waals surface area (Å²) in [6.07, 6.45) is -0.456. The normalized spacial score (nSPS) is 12.2. The van der Waals surface area contributed by atoms with Gasteiger partial charge in [-0.3, -0.25) is 0 Å². The summed E-state index contributed by atoms with van der Waals surface area (Å²) in [7, 11) is 0. The zero-order chi connectivity index (χ0) is 13.0. The third-order valence-electron chi connectivity index (χ3n) is 2.71. The van der Waals surface area contributed by atoms with Crippen molar-refractivity contribution in [2.45, 2.75) is 19.6 Å². The fraction of sp³-hybridized carbons (Fsp3) is 0.200. The minimum Gasteiger partial charge on any atom is -0.489 e. The molecule has 0 amide bonds. The number of benzene rings is 2. The van der Waals surface area contributed by atoms with Crippen molar-refractivity contribution in [3.05, 3.63) is 64.7 Å². The molecule has 0 aliphatic heterocycles. The Morgan fingerprint density at radius 2 is 1.78 bits per heavy atom. The maximum Gasteiger partial charge on any atom is 0.119 e. The van der Waals surface area contributed by atoms with Crippen LogP contribution in [0.3, 0.4) is 0 Å². The Kier molecular flexibility index (Phi) is 4.24. The molecule has 0 aliphatic carbocycles. The highest BCUT2D eigenvalue weighted by molar-refractivity contribution is 6.31. The van der Waals surface area contributed by atoms with Crippen molar-refractivity contribution in [3.63, 3.8) is 0 Å². The van der Waals surface area contributed by atoms with E-state index in [1.54, 1.807) is 6.92 Å². The monoisotopic (exact) mass is 262 g/mol. The first-order valence-electron chi connectivity index (χ1n) is 5.81. The van der Waals surface area contributed by atoms with Gasteiger partial charge < -0.3 is 9.84 Å². The van der Waals surface area contributed by atoms with Gasteiger partial charge in [0.15, 0.2) is 0 Å². The van der Waals surface area contributed by atoms with Crippen LogP contribution in [0, 0.1) is 0 Å². The number of rotatable bonds is 4. The quantitative estimate of drug-likeness (QED) is 0.903. The van der Waals surface area contributed by atoms with E-state index in [4.69, 9.17) is 16.3 Å². The molecule has 2 nitrogen and oxygen atoms in total. The molecule has 3 heteroatoms. The Morgan fingerprint density at radius 3 is 2.39 bits per heavy atom. The molecule has 2 aromatic rings. The molecular formula is C15H15ClO2. The van der Waals surface area contributed by atoms with Gasteiger partial charge >= 0.3 is 0 Å². The molecule has 1 N–H and O–H groups in total. The predicted octanol–water partition coefficient (Wildman–Crippen LogP) is 3.97. The second kappa shape index (κ2) is 5.89. The van der Waals surface area contributed by atoms with E-state index >= 15 is 0 Å². The molecule has 0 spiro atoms. The Labute approximate surface area is 112 Å². The van der Waals surface area contributed by atoms with Crippen LogP contribution in [0.25, 0.3) is 0 Å². The maximum atomic E-state index is 9.40. The Bertz CT molecular complexity index is 506. The van der Waals surface area contributed by atoms with Crippen LogP contribution in [0.2, 0.25) is 5.02 Å². The lowest BCUT2D eigenvalue weighted by atomic mass is 10.1. The average molecular weight is 263 g/mol. The van der Waals surface area contributed by atoms with Crippen LogP contribution >= 0.6 is 11.6 Å². The third-order valence-corrected chi connectivity index (χ3v) is 3.08. The van der Waals surface area contributed by atoms with Gasteiger partial charge in [-0.05, 0) is 30.7 Å². The highest BCUT2D eigenvalue weighted by Crippen LogP contribution is 2.20. The first-order chi connectivity index (χ1) is 8.66. The second-order valence-electron chi connectivity index (χ2n) is 4.13. The molecule has 0 radical (unpaired) electrons. The van der Waals surface area contributed by atoms with Gasteiger partial charge in [0.2, 0.25) is 0 Å². The summed E-state index contributed by atoms with van der Waals surface area (Å²) in [6.45, 7) is 2.17. The first-order valence-corrected chi connectivity index (χ1v) is 6.19. The summed E-state index contributed by atoms with van der Waals surface area (Å²) < 4.78 is 5.64. The summed E-state index contributed by atoms with van der Waals surface area (Å²) in [5, 5.41) is 10.1. The van der Waals surface area contributed by atoms with Gasteiger partial charge in [-0.15, -0.1) is 0 Å². The highest BCUT2D eigenvalue weighted by atomic mass is 35.5. The Morgan fingerprint density at radius 1 is 1.11 bits per heavy atom. The third kappa shape index (κ3) is 3.25. The molecule has 1 atom stereocenters. The van der Waals surface area contributed by atoms with Crippen LogP contribution in [-0.4, -0.2) is 5.11 Å². The molecule has 2 aromatic carbocycles. The van der Waals surface area contributed by atoms with Crippen molar-refractivity contribution in [1.29, 1.82) is 0 Å². The smallest absolute Gasteiger partial charge is 0.119 e. The van der Waals surface area contributed by atoms with Crippen LogP contribution in [-0.2, 0) is 6.61 Å². The van der Waals surface area contributed by atoms with Crippen molar-refractivity contribution in [2.75, 3.05) is 0 Å². The molecule has 0 aromatic heterocycles. The summed E-state index contributed by atoms with van der Waals surface area (Å²) in [5.41, 5.74) is 1.83. The van der Waals surface area contributed by atoms with Crippen molar-refractivity contribution in [2.24, 2.45) is 0 Å². The number of halogens is 1. The average Bonchev–Trinajstić information content (AvgIpc) is 2.38. The fourth-order valence-corrected chi connectivity index (χ4v) is 1.81. The van der Waals surface area contributed by atoms with Gasteiger partial charge in [0.1, 0.15) is 12.4 Å². The molecule has 18 heavy (non-hydrogen) atoms. The lowest BCUT2D eigenvalue weighted by Gasteiger charge is -2.09. The number of ether oxygens (including phenoxy) is 1. The van der Waals surface area contributed by atoms with Gasteiger partial charge in [0.25, 0.3) is 0 Å². The van der Waals surface area contributed by atoms with E-state index in [0.29, 0.717) is 11.6 Å². The lowest BCUT2D eigenvalue weighted by Crippen LogP contribution is -1.97. The van der Waals surface area contributed by atoms with E-state index in [9.17, 15) is 5.11 Å². The summed E-state index contributed by atoms with van der Waals surface area (Å²) in [4.78, 5) is 0. The molecule has 0 saturated carbocycles. The van der Waals surface area contributed by atoms with E-state index in [0.717, 1.165) is 16.9 Å². The van der Waals surface area contributed by atoms with Crippen LogP contribution < -0.4 is 4.74 Å². The standard InChI is InChI=1S/C15H15ClO2/c1-11(17)12-6-8-14(9-7-12)18-10-13-4-2-3-5-15(13)16/h2-9,11,17H,10H2,1H3/t11-/m0/s1. The van der Waals surface area contributed by atoms with Gasteiger partial charge in [-0.1, -0.05) is 41.9 Å². The lowest BCUT2D eigenvalue weighted by molar-refractivity contribution is 0.199. The van der Waals surface area contributed by atoms with E-state index in [1.165, 1.54) is 0 Å². The number of hydrogen-bond acceptors (Lipinski definition) is 2. The maximum absolute atomic E-state index is 9.40. The molecule has 0 saturated heterocycles. The highest BCUT2D eigenvalue weighted by Gasteiger charge is 2.02. The van der Waals surface area contributed by atoms with Crippen LogP contribution in [0.1, 0.15) is 24.2 Å². The van der Waals surface area contributed by atoms with Gasteiger partial charge in [0, 0.05) is 10.6 Å². The van der Waals surface area contributed by atoms with Crippen molar-refractivity contribution < 1.29 is 9.84 Å². The zero-order valence-electron chi connectivity index (χ0n) is 10.1. The number of hydrogen-bond donors (Lipinski definition) is 1. The van der Waals surface area contributed by atoms with E-state index < -0.39 is 6.10 Å². The van der Waals surface area contributed by atoms with Crippen molar-refractivity contribution in [1.82, 2.24) is 0 Å². The largest absolute Gasteiger partial charge is 0.489 e. The van der Waals surface area contributed by atoms with Gasteiger partial charge in [-0.2, -0.15) is 0 Å².